The minimum absolute atomic E-state index is 0.596. The third-order valence-electron chi connectivity index (χ3n) is 3.83. The predicted octanol–water partition coefficient (Wildman–Crippen LogP) is 3.96. The van der Waals surface area contributed by atoms with Crippen LogP contribution in [0.3, 0.4) is 0 Å². The number of allylic oxidation sites excluding steroid dienone is 1. The molecule has 0 spiro atoms. The van der Waals surface area contributed by atoms with Crippen molar-refractivity contribution in [2.24, 2.45) is 4.99 Å². The first kappa shape index (κ1) is 13.9. The zero-order valence-corrected chi connectivity index (χ0v) is 12.2. The molecule has 0 bridgehead atoms. The third kappa shape index (κ3) is 3.46. The van der Waals surface area contributed by atoms with Gasteiger partial charge in [-0.3, -0.25) is 4.99 Å². The molecule has 1 aliphatic carbocycles. The van der Waals surface area contributed by atoms with Crippen molar-refractivity contribution in [3.63, 3.8) is 0 Å². The van der Waals surface area contributed by atoms with Gasteiger partial charge in [-0.1, -0.05) is 48.7 Å². The number of benzene rings is 1. The van der Waals surface area contributed by atoms with Crippen LogP contribution < -0.4 is 5.32 Å². The van der Waals surface area contributed by atoms with E-state index in [1.807, 2.05) is 7.05 Å². The fraction of sp³-hybridized carbons (Fsp3) is 0.471. The van der Waals surface area contributed by atoms with Gasteiger partial charge in [0.2, 0.25) is 0 Å². The lowest BCUT2D eigenvalue weighted by atomic mass is 10.0. The van der Waals surface area contributed by atoms with E-state index in [0.29, 0.717) is 6.04 Å². The lowest BCUT2D eigenvalue weighted by Crippen LogP contribution is -2.33. The summed E-state index contributed by atoms with van der Waals surface area (Å²) in [7, 11) is 1.87. The van der Waals surface area contributed by atoms with Gasteiger partial charge in [0.1, 0.15) is 5.84 Å². The summed E-state index contributed by atoms with van der Waals surface area (Å²) in [6.45, 7) is 4.20. The van der Waals surface area contributed by atoms with Crippen molar-refractivity contribution in [2.45, 2.75) is 45.6 Å². The van der Waals surface area contributed by atoms with Gasteiger partial charge in [-0.05, 0) is 32.3 Å². The Balaban J connectivity index is 2.17. The normalized spacial score (nSPS) is 17.8. The first-order valence-corrected chi connectivity index (χ1v) is 7.21. The van der Waals surface area contributed by atoms with Crippen molar-refractivity contribution in [3.8, 4) is 0 Å². The van der Waals surface area contributed by atoms with Crippen LogP contribution >= 0.6 is 0 Å². The summed E-state index contributed by atoms with van der Waals surface area (Å²) in [4.78, 5) is 4.46. The zero-order valence-electron chi connectivity index (χ0n) is 12.2. The molecule has 1 aromatic rings. The Morgan fingerprint density at radius 3 is 2.37 bits per heavy atom. The molecule has 1 N–H and O–H groups in total. The number of rotatable bonds is 3. The minimum atomic E-state index is 0.596. The molecular formula is C17H24N2. The van der Waals surface area contributed by atoms with Crippen molar-refractivity contribution in [3.05, 3.63) is 41.5 Å². The van der Waals surface area contributed by atoms with Crippen LogP contribution in [0.4, 0.5) is 0 Å². The molecule has 2 nitrogen and oxygen atoms in total. The van der Waals surface area contributed by atoms with Crippen molar-refractivity contribution < 1.29 is 0 Å². The predicted molar refractivity (Wildman–Crippen MR) is 83.6 cm³/mol. The summed E-state index contributed by atoms with van der Waals surface area (Å²) in [6, 6.07) is 9.25. The van der Waals surface area contributed by atoms with Gasteiger partial charge in [0.25, 0.3) is 0 Å². The zero-order chi connectivity index (χ0) is 13.7. The monoisotopic (exact) mass is 256 g/mol. The summed E-state index contributed by atoms with van der Waals surface area (Å²) in [6.07, 6.45) is 7.36. The maximum absolute atomic E-state index is 4.46. The number of nitrogens with zero attached hydrogens (tertiary/aromatic N) is 1. The van der Waals surface area contributed by atoms with Gasteiger partial charge in [-0.2, -0.15) is 0 Å². The molecule has 0 aromatic heterocycles. The van der Waals surface area contributed by atoms with Gasteiger partial charge in [0.05, 0.1) is 0 Å². The molecule has 19 heavy (non-hydrogen) atoms. The standard InChI is InChI=1S/C17H24N2/c1-4-16(14-11-9-13(2)10-12-14)17(18-3)19-15-7-5-6-8-15/h4,9-12,15H,5-8H2,1-3H3,(H,18,19)/b16-4-. The van der Waals surface area contributed by atoms with Gasteiger partial charge in [-0.15, -0.1) is 0 Å². The maximum atomic E-state index is 4.46. The molecule has 0 saturated heterocycles. The van der Waals surface area contributed by atoms with Gasteiger partial charge < -0.3 is 5.32 Å². The Labute approximate surface area is 116 Å². The summed E-state index contributed by atoms with van der Waals surface area (Å²) in [5, 5.41) is 3.61. The van der Waals surface area contributed by atoms with Crippen LogP contribution in [-0.2, 0) is 0 Å². The second-order valence-electron chi connectivity index (χ2n) is 5.27. The van der Waals surface area contributed by atoms with Gasteiger partial charge >= 0.3 is 0 Å². The Morgan fingerprint density at radius 1 is 1.21 bits per heavy atom. The van der Waals surface area contributed by atoms with Crippen LogP contribution in [0, 0.1) is 6.92 Å². The molecule has 0 heterocycles. The van der Waals surface area contributed by atoms with Crippen molar-refractivity contribution in [2.75, 3.05) is 7.05 Å². The fourth-order valence-electron chi connectivity index (χ4n) is 2.70. The summed E-state index contributed by atoms with van der Waals surface area (Å²) in [5.41, 5.74) is 3.73. The van der Waals surface area contributed by atoms with E-state index < -0.39 is 0 Å². The van der Waals surface area contributed by atoms with Crippen LogP contribution in [0.25, 0.3) is 5.57 Å². The van der Waals surface area contributed by atoms with E-state index >= 15 is 0 Å². The number of amidine groups is 1. The molecule has 1 saturated carbocycles. The maximum Gasteiger partial charge on any atom is 0.128 e. The molecule has 1 fully saturated rings. The topological polar surface area (TPSA) is 24.4 Å². The Hall–Kier alpha value is -1.57. The summed E-state index contributed by atoms with van der Waals surface area (Å²) >= 11 is 0. The lowest BCUT2D eigenvalue weighted by molar-refractivity contribution is 0.632. The van der Waals surface area contributed by atoms with Gasteiger partial charge in [0.15, 0.2) is 0 Å². The molecule has 2 rings (SSSR count). The highest BCUT2D eigenvalue weighted by Crippen LogP contribution is 2.21. The van der Waals surface area contributed by atoms with E-state index in [1.165, 1.54) is 42.4 Å². The molecule has 0 radical (unpaired) electrons. The molecule has 2 heteroatoms. The van der Waals surface area contributed by atoms with E-state index in [1.54, 1.807) is 0 Å². The average Bonchev–Trinajstić information content (AvgIpc) is 2.93. The van der Waals surface area contributed by atoms with Gasteiger partial charge in [0, 0.05) is 18.7 Å². The van der Waals surface area contributed by atoms with E-state index in [2.05, 4.69) is 54.5 Å². The molecular weight excluding hydrogens is 232 g/mol. The van der Waals surface area contributed by atoms with E-state index in [-0.39, 0.29) is 0 Å². The molecule has 0 unspecified atom stereocenters. The van der Waals surface area contributed by atoms with Crippen LogP contribution in [0.15, 0.2) is 35.3 Å². The molecule has 0 amide bonds. The van der Waals surface area contributed by atoms with Crippen molar-refractivity contribution in [1.82, 2.24) is 5.32 Å². The Kier molecular flexibility index (Phi) is 4.78. The first-order chi connectivity index (χ1) is 9.24. The van der Waals surface area contributed by atoms with E-state index in [0.717, 1.165) is 5.84 Å². The summed E-state index contributed by atoms with van der Waals surface area (Å²) < 4.78 is 0. The van der Waals surface area contributed by atoms with Crippen molar-refractivity contribution >= 4 is 11.4 Å². The Morgan fingerprint density at radius 2 is 1.84 bits per heavy atom. The third-order valence-corrected chi connectivity index (χ3v) is 3.83. The minimum Gasteiger partial charge on any atom is -0.367 e. The number of hydrogen-bond donors (Lipinski definition) is 1. The highest BCUT2D eigenvalue weighted by molar-refractivity contribution is 6.22. The SMILES string of the molecule is C/C=C(\C(=NC)NC1CCCC1)c1ccc(C)cc1. The van der Waals surface area contributed by atoms with E-state index in [9.17, 15) is 0 Å². The molecule has 1 aliphatic rings. The fourth-order valence-corrected chi connectivity index (χ4v) is 2.70. The first-order valence-electron chi connectivity index (χ1n) is 7.21. The van der Waals surface area contributed by atoms with Crippen LogP contribution in [0.5, 0.6) is 0 Å². The highest BCUT2D eigenvalue weighted by atomic mass is 15.0. The summed E-state index contributed by atoms with van der Waals surface area (Å²) in [5.74, 6) is 1.03. The molecule has 0 aliphatic heterocycles. The highest BCUT2D eigenvalue weighted by Gasteiger charge is 2.18. The lowest BCUT2D eigenvalue weighted by Gasteiger charge is -2.18. The quantitative estimate of drug-likeness (QED) is 0.642. The second-order valence-corrected chi connectivity index (χ2v) is 5.27. The largest absolute Gasteiger partial charge is 0.367 e. The van der Waals surface area contributed by atoms with E-state index in [4.69, 9.17) is 0 Å². The number of aryl methyl sites for hydroxylation is 1. The second kappa shape index (κ2) is 6.55. The van der Waals surface area contributed by atoms with Crippen molar-refractivity contribution in [1.29, 1.82) is 0 Å². The number of nitrogens with one attached hydrogen (secondary N) is 1. The molecule has 0 atom stereocenters. The van der Waals surface area contributed by atoms with Crippen LogP contribution in [0.1, 0.15) is 43.7 Å². The average molecular weight is 256 g/mol. The van der Waals surface area contributed by atoms with Crippen LogP contribution in [-0.4, -0.2) is 18.9 Å². The van der Waals surface area contributed by atoms with Gasteiger partial charge in [-0.25, -0.2) is 0 Å². The number of aliphatic imine (C=N–C) groups is 1. The molecule has 1 aromatic carbocycles. The molecule has 102 valence electrons. The smallest absolute Gasteiger partial charge is 0.128 e. The van der Waals surface area contributed by atoms with Crippen LogP contribution in [0.2, 0.25) is 0 Å². The Bertz CT molecular complexity index is 463. The number of hydrogen-bond acceptors (Lipinski definition) is 1.